The van der Waals surface area contributed by atoms with Crippen LogP contribution in [0, 0.1) is 5.92 Å². The Labute approximate surface area is 377 Å². The van der Waals surface area contributed by atoms with Gasteiger partial charge in [-0.1, -0.05) is 50.3 Å². The van der Waals surface area contributed by atoms with Gasteiger partial charge in [0.2, 0.25) is 11.8 Å². The minimum atomic E-state index is -1.51. The van der Waals surface area contributed by atoms with Gasteiger partial charge in [-0.3, -0.25) is 19.2 Å². The summed E-state index contributed by atoms with van der Waals surface area (Å²) in [5, 5.41) is 20.5. The molecule has 4 aliphatic heterocycles. The number of nitrogens with zero attached hydrogens (tertiary/aromatic N) is 3. The summed E-state index contributed by atoms with van der Waals surface area (Å²) in [5.74, 6) is -0.195. The lowest BCUT2D eigenvalue weighted by atomic mass is 10.0. The minimum absolute atomic E-state index is 0.0251. The zero-order chi connectivity index (χ0) is 46.7. The number of anilines is 3. The van der Waals surface area contributed by atoms with Crippen molar-refractivity contribution in [3.05, 3.63) is 89.5 Å². The lowest BCUT2D eigenvalue weighted by Gasteiger charge is -2.31. The number of aliphatic hydroxyl groups excluding tert-OH is 1. The second kappa shape index (κ2) is 19.5. The van der Waals surface area contributed by atoms with Crippen LogP contribution in [0.2, 0.25) is 0 Å². The van der Waals surface area contributed by atoms with Crippen LogP contribution >= 0.6 is 0 Å². The largest absolute Gasteiger partial charge is 0.493 e. The van der Waals surface area contributed by atoms with Gasteiger partial charge in [0, 0.05) is 43.9 Å². The number of ether oxygens (including phenoxy) is 5. The third-order valence-electron chi connectivity index (χ3n) is 12.0. The number of hydrogen-bond acceptors (Lipinski definition) is 13. The van der Waals surface area contributed by atoms with Crippen molar-refractivity contribution in [2.45, 2.75) is 77.0 Å². The summed E-state index contributed by atoms with van der Waals surface area (Å²) in [5.41, 5.74) is 9.97. The molecule has 18 heteroatoms. The van der Waals surface area contributed by atoms with Crippen LogP contribution in [0.4, 0.5) is 21.9 Å². The van der Waals surface area contributed by atoms with Crippen LogP contribution in [0.3, 0.4) is 0 Å². The fourth-order valence-electron chi connectivity index (χ4n) is 8.27. The van der Waals surface area contributed by atoms with Crippen molar-refractivity contribution in [3.63, 3.8) is 0 Å². The van der Waals surface area contributed by atoms with Gasteiger partial charge in [0.05, 0.1) is 68.1 Å². The van der Waals surface area contributed by atoms with Crippen LogP contribution < -0.4 is 45.5 Å². The Morgan fingerprint density at radius 1 is 0.846 bits per heavy atom. The molecule has 0 unspecified atom stereocenters. The third kappa shape index (κ3) is 9.83. The molecule has 5 atom stereocenters. The van der Waals surface area contributed by atoms with Gasteiger partial charge in [-0.05, 0) is 55.5 Å². The lowest BCUT2D eigenvalue weighted by molar-refractivity contribution is -0.127. The van der Waals surface area contributed by atoms with Crippen LogP contribution in [0.15, 0.2) is 72.8 Å². The van der Waals surface area contributed by atoms with Gasteiger partial charge in [-0.2, -0.15) is 0 Å². The molecule has 2 saturated heterocycles. The van der Waals surface area contributed by atoms with Gasteiger partial charge in [0.1, 0.15) is 12.6 Å². The molecule has 0 aromatic heterocycles. The summed E-state index contributed by atoms with van der Waals surface area (Å²) in [7, 11) is 2.95. The lowest BCUT2D eigenvalue weighted by Crippen LogP contribution is -2.50. The number of amides is 5. The van der Waals surface area contributed by atoms with E-state index in [1.165, 1.54) is 31.3 Å². The summed E-state index contributed by atoms with van der Waals surface area (Å²) >= 11 is 0. The van der Waals surface area contributed by atoms with Gasteiger partial charge in [-0.25, -0.2) is 9.69 Å². The number of carbonyl (C=O) groups is 5. The van der Waals surface area contributed by atoms with Crippen LogP contribution in [0.5, 0.6) is 23.0 Å². The molecule has 5 amide bonds. The number of aliphatic hydroxyl groups is 1. The monoisotopic (exact) mass is 895 g/mol. The molecule has 4 aliphatic rings. The normalized spacial score (nSPS) is 19.8. The van der Waals surface area contributed by atoms with Crippen LogP contribution in [0.1, 0.15) is 66.3 Å². The molecule has 0 aliphatic carbocycles. The zero-order valence-electron chi connectivity index (χ0n) is 37.3. The zero-order valence-corrected chi connectivity index (χ0v) is 37.3. The average Bonchev–Trinajstić information content (AvgIpc) is 3.83. The molecule has 346 valence electrons. The fourth-order valence-corrected chi connectivity index (χ4v) is 8.27. The van der Waals surface area contributed by atoms with E-state index in [2.05, 4.69) is 29.1 Å². The highest BCUT2D eigenvalue weighted by Gasteiger charge is 2.46. The Kier molecular flexibility index (Phi) is 13.9. The van der Waals surface area contributed by atoms with Gasteiger partial charge < -0.3 is 60.3 Å². The quantitative estimate of drug-likeness (QED) is 0.105. The first-order valence-electron chi connectivity index (χ1n) is 21.6. The smallest absolute Gasteiger partial charge is 0.416 e. The van der Waals surface area contributed by atoms with Crippen molar-refractivity contribution < 1.29 is 52.8 Å². The van der Waals surface area contributed by atoms with Crippen LogP contribution in [-0.4, -0.2) is 122 Å². The maximum Gasteiger partial charge on any atom is 0.416 e. The van der Waals surface area contributed by atoms with Crippen LogP contribution in [-0.2, 0) is 20.9 Å². The van der Waals surface area contributed by atoms with Crippen molar-refractivity contribution in [1.29, 1.82) is 0 Å². The van der Waals surface area contributed by atoms with Gasteiger partial charge in [0.25, 0.3) is 11.8 Å². The predicted octanol–water partition coefficient (Wildman–Crippen LogP) is 4.42. The number of hydrogen-bond donors (Lipinski definition) is 5. The number of rotatable bonds is 15. The molecule has 0 radical (unpaired) electrons. The summed E-state index contributed by atoms with van der Waals surface area (Å²) in [4.78, 5) is 71.0. The molecule has 0 spiro atoms. The molecule has 6 N–H and O–H groups in total. The molecule has 2 fully saturated rings. The van der Waals surface area contributed by atoms with E-state index < -0.39 is 48.2 Å². The summed E-state index contributed by atoms with van der Waals surface area (Å²) in [6, 6.07) is 10.6. The van der Waals surface area contributed by atoms with Gasteiger partial charge >= 0.3 is 6.09 Å². The molecule has 65 heavy (non-hydrogen) atoms. The number of fused-ring (bicyclic) bond motifs is 4. The van der Waals surface area contributed by atoms with Crippen molar-refractivity contribution in [1.82, 2.24) is 15.1 Å². The summed E-state index contributed by atoms with van der Waals surface area (Å²) in [6.45, 7) is 14.7. The molecule has 4 heterocycles. The van der Waals surface area contributed by atoms with Crippen molar-refractivity contribution in [2.24, 2.45) is 11.7 Å². The molecule has 3 aromatic carbocycles. The number of carbonyl (C=O) groups excluding carboxylic acids is 5. The van der Waals surface area contributed by atoms with E-state index in [0.717, 1.165) is 22.5 Å². The molecule has 3 aromatic rings. The number of nitrogens with two attached hydrogens (primary N) is 1. The van der Waals surface area contributed by atoms with Crippen molar-refractivity contribution in [2.75, 3.05) is 62.6 Å². The van der Waals surface area contributed by atoms with E-state index in [9.17, 15) is 29.1 Å². The third-order valence-corrected chi connectivity index (χ3v) is 12.0. The number of benzene rings is 3. The van der Waals surface area contributed by atoms with Crippen molar-refractivity contribution in [3.8, 4) is 23.0 Å². The Hall–Kier alpha value is -6.79. The standard InChI is InChI=1S/C47H57N7O11/c1-25(2)41(48)43(56)50-28(5)42(55)51-30-11-9-29(10-12-30)24-65-47(60)54-35-20-40(38(62-7)18-33(35)45(58)53-23-27(4)16-36(53)46(54)59)64-14-8-13-63-39-19-34-32(17-37(39)61-6)44(57)52-22-26(3)15-31(52)21-49-34/h9-12,17-20,25,28,31,36,41,46,49,59H,3-4,8,13-16,21-24,48H2,1-2,5-7H3,(H,50,56)(H,51,55)/t28-,31-,36-,41-,46-/m0/s1. The van der Waals surface area contributed by atoms with Crippen LogP contribution in [0.25, 0.3) is 0 Å². The second-order valence-electron chi connectivity index (χ2n) is 17.0. The fraction of sp³-hybridized carbons (Fsp3) is 0.426. The van der Waals surface area contributed by atoms with E-state index in [1.54, 1.807) is 43.3 Å². The van der Waals surface area contributed by atoms with Crippen molar-refractivity contribution >= 4 is 46.8 Å². The predicted molar refractivity (Wildman–Crippen MR) is 241 cm³/mol. The Morgan fingerprint density at radius 3 is 2.12 bits per heavy atom. The van der Waals surface area contributed by atoms with E-state index in [4.69, 9.17) is 29.4 Å². The Morgan fingerprint density at radius 2 is 1.46 bits per heavy atom. The van der Waals surface area contributed by atoms with E-state index in [1.807, 2.05) is 18.7 Å². The molecule has 0 saturated carbocycles. The average molecular weight is 896 g/mol. The van der Waals surface area contributed by atoms with E-state index >= 15 is 0 Å². The second-order valence-corrected chi connectivity index (χ2v) is 17.0. The first kappa shape index (κ1) is 46.2. The Balaban J connectivity index is 1.02. The first-order chi connectivity index (χ1) is 31.1. The first-order valence-corrected chi connectivity index (χ1v) is 21.6. The SMILES string of the molecule is C=C1C[C@H]2CNc3cc(OCCCOc4cc5c(cc4OC)C(=O)N4CC(=C)C[C@H]4[C@H](O)N5C(=O)OCc4ccc(NC(=O)[C@H](C)NC(=O)[C@@H](N)C(C)C)cc4)c(OC)cc3C(=O)N2C1. The number of methoxy groups -OCH3 is 2. The highest BCUT2D eigenvalue weighted by atomic mass is 16.6. The van der Waals surface area contributed by atoms with E-state index in [-0.39, 0.29) is 73.4 Å². The molecular formula is C47H57N7O11. The highest BCUT2D eigenvalue weighted by molar-refractivity contribution is 6.06. The van der Waals surface area contributed by atoms with E-state index in [0.29, 0.717) is 53.5 Å². The van der Waals surface area contributed by atoms with Gasteiger partial charge in [-0.15, -0.1) is 0 Å². The highest BCUT2D eigenvalue weighted by Crippen LogP contribution is 2.42. The molecule has 0 bridgehead atoms. The number of nitrogens with one attached hydrogen (secondary N) is 3. The molecule has 7 rings (SSSR count). The molecular weight excluding hydrogens is 839 g/mol. The summed E-state index contributed by atoms with van der Waals surface area (Å²) in [6.07, 6.45) is -1.03. The Bertz CT molecular complexity index is 2370. The molecule has 18 nitrogen and oxygen atoms in total. The maximum atomic E-state index is 14.1. The maximum absolute atomic E-state index is 14.1. The van der Waals surface area contributed by atoms with Gasteiger partial charge in [0.15, 0.2) is 29.2 Å². The minimum Gasteiger partial charge on any atom is -0.493 e. The topological polar surface area (TPSA) is 224 Å². The summed E-state index contributed by atoms with van der Waals surface area (Å²) < 4.78 is 29.3.